The summed E-state index contributed by atoms with van der Waals surface area (Å²) in [6.07, 6.45) is 9.07. The van der Waals surface area contributed by atoms with Gasteiger partial charge in [0.1, 0.15) is 4.83 Å². The Morgan fingerprint density at radius 3 is 2.55 bits per heavy atom. The van der Waals surface area contributed by atoms with Crippen LogP contribution in [0.2, 0.25) is 0 Å². The number of allylic oxidation sites excluding steroid dienone is 4. The van der Waals surface area contributed by atoms with Crippen LogP contribution in [0.1, 0.15) is 38.8 Å². The van der Waals surface area contributed by atoms with E-state index in [1.807, 2.05) is 11.8 Å². The Bertz CT molecular complexity index is 1490. The number of rotatable bonds is 2. The minimum atomic E-state index is 0.0558. The number of hydrogen-bond acceptors (Lipinski definition) is 3. The molecule has 164 valence electrons. The van der Waals surface area contributed by atoms with Crippen molar-refractivity contribution >= 4 is 49.0 Å². The number of thiophene rings is 1. The maximum Gasteiger partial charge on any atom is 0.124 e. The van der Waals surface area contributed by atoms with Gasteiger partial charge >= 0.3 is 0 Å². The fourth-order valence-corrected chi connectivity index (χ4v) is 7.40. The van der Waals surface area contributed by atoms with Gasteiger partial charge in [-0.2, -0.15) is 0 Å². The van der Waals surface area contributed by atoms with E-state index < -0.39 is 0 Å². The van der Waals surface area contributed by atoms with Crippen LogP contribution in [-0.2, 0) is 5.41 Å². The molecule has 2 aliphatic rings. The number of benzene rings is 2. The second-order valence-electron chi connectivity index (χ2n) is 10.1. The van der Waals surface area contributed by atoms with Crippen LogP contribution in [0.3, 0.4) is 0 Å². The molecule has 33 heavy (non-hydrogen) atoms. The Morgan fingerprint density at radius 1 is 0.909 bits per heavy atom. The Kier molecular flexibility index (Phi) is 4.90. The van der Waals surface area contributed by atoms with Gasteiger partial charge in [-0.1, -0.05) is 74.9 Å². The Hall–Kier alpha value is -2.62. The standard InChI is InChI=1S/C30H27NS2/c1-18-21-10-7-8-12-27(21)33-28(18)24-17-26(31-29-23(24)13-14-32-29)20-15-19-9-5-6-11-22(19)25(16-20)30(2,3)4/h5-17,21,27H,1-4H3. The van der Waals surface area contributed by atoms with Crippen molar-refractivity contribution in [3.63, 3.8) is 0 Å². The van der Waals surface area contributed by atoms with Crippen molar-refractivity contribution in [1.29, 1.82) is 0 Å². The molecule has 2 aromatic heterocycles. The molecule has 3 heterocycles. The highest BCUT2D eigenvalue weighted by Crippen LogP contribution is 2.51. The minimum absolute atomic E-state index is 0.0558. The van der Waals surface area contributed by atoms with Crippen molar-refractivity contribution in [2.24, 2.45) is 5.92 Å². The Labute approximate surface area is 203 Å². The van der Waals surface area contributed by atoms with E-state index in [4.69, 9.17) is 4.98 Å². The molecule has 2 aromatic carbocycles. The van der Waals surface area contributed by atoms with Crippen LogP contribution in [0.4, 0.5) is 0 Å². The summed E-state index contributed by atoms with van der Waals surface area (Å²) >= 11 is 3.74. The normalized spacial score (nSPS) is 20.2. The number of fused-ring (bicyclic) bond motifs is 3. The van der Waals surface area contributed by atoms with Crippen LogP contribution in [0.15, 0.2) is 83.8 Å². The van der Waals surface area contributed by atoms with Crippen LogP contribution in [0.25, 0.3) is 37.2 Å². The van der Waals surface area contributed by atoms with E-state index in [9.17, 15) is 0 Å². The highest BCUT2D eigenvalue weighted by Gasteiger charge is 2.32. The van der Waals surface area contributed by atoms with Gasteiger partial charge in [-0.25, -0.2) is 4.98 Å². The smallest absolute Gasteiger partial charge is 0.124 e. The van der Waals surface area contributed by atoms with Gasteiger partial charge in [0.2, 0.25) is 0 Å². The summed E-state index contributed by atoms with van der Waals surface area (Å²) in [6, 6.07) is 18.0. The molecule has 1 aliphatic heterocycles. The van der Waals surface area contributed by atoms with E-state index >= 15 is 0 Å². The first kappa shape index (κ1) is 20.9. The van der Waals surface area contributed by atoms with Gasteiger partial charge < -0.3 is 0 Å². The van der Waals surface area contributed by atoms with Crippen molar-refractivity contribution in [1.82, 2.24) is 4.98 Å². The second kappa shape index (κ2) is 7.72. The third-order valence-corrected chi connectivity index (χ3v) is 9.15. The predicted molar refractivity (Wildman–Crippen MR) is 147 cm³/mol. The third-order valence-electron chi connectivity index (χ3n) is 6.84. The molecule has 1 aliphatic carbocycles. The summed E-state index contributed by atoms with van der Waals surface area (Å²) in [5.74, 6) is 0.494. The fourth-order valence-electron chi connectivity index (χ4n) is 5.11. The maximum atomic E-state index is 5.14. The average molecular weight is 466 g/mol. The van der Waals surface area contributed by atoms with Gasteiger partial charge in [-0.05, 0) is 58.3 Å². The first-order valence-electron chi connectivity index (χ1n) is 11.5. The quantitative estimate of drug-likeness (QED) is 0.293. The molecule has 0 saturated heterocycles. The maximum absolute atomic E-state index is 5.14. The van der Waals surface area contributed by atoms with Crippen molar-refractivity contribution in [2.75, 3.05) is 0 Å². The number of aromatic nitrogens is 1. The predicted octanol–water partition coefficient (Wildman–Crippen LogP) is 9.00. The largest absolute Gasteiger partial charge is 0.237 e. The number of pyridine rings is 1. The van der Waals surface area contributed by atoms with Crippen LogP contribution in [0, 0.1) is 5.92 Å². The third kappa shape index (κ3) is 3.50. The van der Waals surface area contributed by atoms with E-state index in [-0.39, 0.29) is 5.41 Å². The zero-order valence-corrected chi connectivity index (χ0v) is 21.1. The van der Waals surface area contributed by atoms with Crippen LogP contribution >= 0.6 is 23.1 Å². The molecule has 0 bridgehead atoms. The minimum Gasteiger partial charge on any atom is -0.237 e. The van der Waals surface area contributed by atoms with Crippen molar-refractivity contribution < 1.29 is 0 Å². The molecular formula is C30H27NS2. The van der Waals surface area contributed by atoms with Gasteiger partial charge in [0.15, 0.2) is 0 Å². The van der Waals surface area contributed by atoms with E-state index in [1.54, 1.807) is 11.3 Å². The van der Waals surface area contributed by atoms with Gasteiger partial charge in [-0.3, -0.25) is 0 Å². The number of nitrogens with zero attached hydrogens (tertiary/aromatic N) is 1. The van der Waals surface area contributed by atoms with Crippen molar-refractivity contribution in [2.45, 2.75) is 38.4 Å². The lowest BCUT2D eigenvalue weighted by atomic mass is 9.82. The monoisotopic (exact) mass is 465 g/mol. The Morgan fingerprint density at radius 2 is 1.73 bits per heavy atom. The van der Waals surface area contributed by atoms with Crippen LogP contribution < -0.4 is 0 Å². The van der Waals surface area contributed by atoms with Gasteiger partial charge in [0.05, 0.1) is 5.69 Å². The Balaban J connectivity index is 1.57. The van der Waals surface area contributed by atoms with Crippen LogP contribution in [0.5, 0.6) is 0 Å². The van der Waals surface area contributed by atoms with E-state index in [2.05, 4.69) is 106 Å². The molecule has 1 nitrogen and oxygen atoms in total. The molecule has 0 saturated carbocycles. The van der Waals surface area contributed by atoms with E-state index in [0.717, 1.165) is 10.5 Å². The van der Waals surface area contributed by atoms with Crippen LogP contribution in [-0.4, -0.2) is 10.2 Å². The summed E-state index contributed by atoms with van der Waals surface area (Å²) in [6.45, 7) is 9.20. The molecule has 0 spiro atoms. The molecule has 3 heteroatoms. The lowest BCUT2D eigenvalue weighted by Gasteiger charge is -2.23. The second-order valence-corrected chi connectivity index (χ2v) is 12.2. The first-order chi connectivity index (χ1) is 15.9. The van der Waals surface area contributed by atoms with E-state index in [1.165, 1.54) is 43.3 Å². The molecule has 0 N–H and O–H groups in total. The molecular weight excluding hydrogens is 438 g/mol. The highest BCUT2D eigenvalue weighted by atomic mass is 32.2. The molecule has 0 amide bonds. The molecule has 4 aromatic rings. The molecule has 2 atom stereocenters. The van der Waals surface area contributed by atoms with Crippen molar-refractivity contribution in [3.05, 3.63) is 94.9 Å². The zero-order chi connectivity index (χ0) is 22.7. The number of thioether (sulfide) groups is 1. The van der Waals surface area contributed by atoms with Gasteiger partial charge in [0.25, 0.3) is 0 Å². The lowest BCUT2D eigenvalue weighted by Crippen LogP contribution is -2.12. The molecule has 2 unspecified atom stereocenters. The van der Waals surface area contributed by atoms with Gasteiger partial charge in [0, 0.05) is 32.6 Å². The molecule has 0 radical (unpaired) electrons. The first-order valence-corrected chi connectivity index (χ1v) is 13.3. The summed E-state index contributed by atoms with van der Waals surface area (Å²) in [5.41, 5.74) is 6.51. The summed E-state index contributed by atoms with van der Waals surface area (Å²) in [5, 5.41) is 6.56. The van der Waals surface area contributed by atoms with Crippen molar-refractivity contribution in [3.8, 4) is 11.3 Å². The van der Waals surface area contributed by atoms with E-state index in [0.29, 0.717) is 11.2 Å². The highest BCUT2D eigenvalue weighted by molar-refractivity contribution is 8.09. The number of hydrogen-bond donors (Lipinski definition) is 0. The van der Waals surface area contributed by atoms with Gasteiger partial charge in [-0.15, -0.1) is 23.1 Å². The SMILES string of the molecule is CC1=C(c2cc(-c3cc(C(C)(C)C)c4ccccc4c3)nc3sccc23)SC2C=CC=CC12. The average Bonchev–Trinajstić information content (AvgIpc) is 3.42. The lowest BCUT2D eigenvalue weighted by molar-refractivity contribution is 0.596. The summed E-state index contributed by atoms with van der Waals surface area (Å²) in [7, 11) is 0. The zero-order valence-electron chi connectivity index (χ0n) is 19.4. The topological polar surface area (TPSA) is 12.9 Å². The summed E-state index contributed by atoms with van der Waals surface area (Å²) in [4.78, 5) is 7.68. The molecule has 6 rings (SSSR count). The summed E-state index contributed by atoms with van der Waals surface area (Å²) < 4.78 is 0. The fraction of sp³-hybridized carbons (Fsp3) is 0.233. The molecule has 0 fully saturated rings.